The number of nitrogens with zero attached hydrogens (tertiary/aromatic N) is 1. The standard InChI is InChI=1S/C20H26N2O5S/c1-16-9-10-18(28(24,25)21-11-13-26-3)15-19(16)20(23)22(2)12-14-27-17-7-5-4-6-8-17/h4-10,15,21H,11-14H2,1-3H3. The molecule has 0 aliphatic carbocycles. The Morgan fingerprint density at radius 3 is 2.50 bits per heavy atom. The summed E-state index contributed by atoms with van der Waals surface area (Å²) in [6, 6.07) is 13.9. The van der Waals surface area contributed by atoms with Gasteiger partial charge in [-0.1, -0.05) is 24.3 Å². The van der Waals surface area contributed by atoms with Crippen LogP contribution in [0.1, 0.15) is 15.9 Å². The predicted molar refractivity (Wildman–Crippen MR) is 107 cm³/mol. The Morgan fingerprint density at radius 2 is 1.82 bits per heavy atom. The molecule has 0 spiro atoms. The van der Waals surface area contributed by atoms with Crippen molar-refractivity contribution in [2.45, 2.75) is 11.8 Å². The Balaban J connectivity index is 2.05. The molecule has 0 saturated carbocycles. The smallest absolute Gasteiger partial charge is 0.254 e. The van der Waals surface area contributed by atoms with E-state index in [1.165, 1.54) is 24.1 Å². The van der Waals surface area contributed by atoms with E-state index in [0.717, 1.165) is 5.75 Å². The normalized spacial score (nSPS) is 11.2. The lowest BCUT2D eigenvalue weighted by molar-refractivity contribution is 0.0773. The summed E-state index contributed by atoms with van der Waals surface area (Å²) in [5, 5.41) is 0. The van der Waals surface area contributed by atoms with E-state index < -0.39 is 10.0 Å². The van der Waals surface area contributed by atoms with E-state index in [4.69, 9.17) is 9.47 Å². The summed E-state index contributed by atoms with van der Waals surface area (Å²) >= 11 is 0. The number of aryl methyl sites for hydroxylation is 1. The van der Waals surface area contributed by atoms with Gasteiger partial charge in [-0.05, 0) is 36.8 Å². The highest BCUT2D eigenvalue weighted by atomic mass is 32.2. The van der Waals surface area contributed by atoms with Crippen molar-refractivity contribution in [2.24, 2.45) is 0 Å². The zero-order valence-corrected chi connectivity index (χ0v) is 17.2. The zero-order valence-electron chi connectivity index (χ0n) is 16.3. The number of nitrogens with one attached hydrogen (secondary N) is 1. The van der Waals surface area contributed by atoms with Crippen LogP contribution in [-0.4, -0.2) is 59.7 Å². The van der Waals surface area contributed by atoms with Crippen LogP contribution >= 0.6 is 0 Å². The molecule has 152 valence electrons. The minimum atomic E-state index is -3.71. The molecule has 7 nitrogen and oxygen atoms in total. The Morgan fingerprint density at radius 1 is 1.11 bits per heavy atom. The van der Waals surface area contributed by atoms with Gasteiger partial charge < -0.3 is 14.4 Å². The number of rotatable bonds is 10. The summed E-state index contributed by atoms with van der Waals surface area (Å²) in [5.41, 5.74) is 1.05. The summed E-state index contributed by atoms with van der Waals surface area (Å²) in [5.74, 6) is 0.470. The Labute approximate surface area is 166 Å². The first-order valence-corrected chi connectivity index (χ1v) is 10.4. The number of likely N-dealkylation sites (N-methyl/N-ethyl adjacent to an activating group) is 1. The van der Waals surface area contributed by atoms with Crippen molar-refractivity contribution in [3.63, 3.8) is 0 Å². The number of carbonyl (C=O) groups excluding carboxylic acids is 1. The average molecular weight is 407 g/mol. The molecule has 8 heteroatoms. The molecule has 28 heavy (non-hydrogen) atoms. The van der Waals surface area contributed by atoms with Gasteiger partial charge in [0.1, 0.15) is 12.4 Å². The lowest BCUT2D eigenvalue weighted by Crippen LogP contribution is -2.32. The van der Waals surface area contributed by atoms with Crippen LogP contribution in [0.5, 0.6) is 5.75 Å². The van der Waals surface area contributed by atoms with Crippen LogP contribution < -0.4 is 9.46 Å². The molecule has 0 aliphatic heterocycles. The first-order valence-electron chi connectivity index (χ1n) is 8.87. The van der Waals surface area contributed by atoms with Crippen LogP contribution in [0.3, 0.4) is 0 Å². The summed E-state index contributed by atoms with van der Waals surface area (Å²) in [4.78, 5) is 14.3. The predicted octanol–water partition coefficient (Wildman–Crippen LogP) is 2.07. The van der Waals surface area contributed by atoms with Crippen molar-refractivity contribution in [1.29, 1.82) is 0 Å². The maximum Gasteiger partial charge on any atom is 0.254 e. The van der Waals surface area contributed by atoms with Crippen molar-refractivity contribution in [1.82, 2.24) is 9.62 Å². The molecular weight excluding hydrogens is 380 g/mol. The number of hydrogen-bond acceptors (Lipinski definition) is 5. The minimum Gasteiger partial charge on any atom is -0.492 e. The molecular formula is C20H26N2O5S. The lowest BCUT2D eigenvalue weighted by Gasteiger charge is -2.19. The molecule has 0 atom stereocenters. The first-order chi connectivity index (χ1) is 13.3. The SMILES string of the molecule is COCCNS(=O)(=O)c1ccc(C)c(C(=O)N(C)CCOc2ccccc2)c1. The van der Waals surface area contributed by atoms with Crippen molar-refractivity contribution < 1.29 is 22.7 Å². The molecule has 0 saturated heterocycles. The van der Waals surface area contributed by atoms with E-state index >= 15 is 0 Å². The maximum absolute atomic E-state index is 12.8. The fourth-order valence-electron chi connectivity index (χ4n) is 2.48. The number of ether oxygens (including phenoxy) is 2. The van der Waals surface area contributed by atoms with Crippen LogP contribution in [0.4, 0.5) is 0 Å². The third kappa shape index (κ3) is 6.05. The van der Waals surface area contributed by atoms with E-state index in [1.54, 1.807) is 20.0 Å². The van der Waals surface area contributed by atoms with Gasteiger partial charge in [0.25, 0.3) is 5.91 Å². The number of para-hydroxylation sites is 1. The molecule has 0 aliphatic rings. The fraction of sp³-hybridized carbons (Fsp3) is 0.350. The molecule has 0 fully saturated rings. The zero-order chi connectivity index (χ0) is 20.6. The van der Waals surface area contributed by atoms with E-state index in [1.807, 2.05) is 30.3 Å². The molecule has 0 aromatic heterocycles. The molecule has 2 rings (SSSR count). The molecule has 0 unspecified atom stereocenters. The Hall–Kier alpha value is -2.42. The molecule has 1 N–H and O–H groups in total. The number of benzene rings is 2. The second-order valence-corrected chi connectivity index (χ2v) is 8.02. The summed E-state index contributed by atoms with van der Waals surface area (Å²) in [7, 11) is -0.554. The molecule has 0 heterocycles. The Bertz CT molecular complexity index is 885. The van der Waals surface area contributed by atoms with Gasteiger partial charge >= 0.3 is 0 Å². The fourth-order valence-corrected chi connectivity index (χ4v) is 3.52. The van der Waals surface area contributed by atoms with Crippen LogP contribution in [0, 0.1) is 6.92 Å². The van der Waals surface area contributed by atoms with Crippen molar-refractivity contribution in [3.8, 4) is 5.75 Å². The number of sulfonamides is 1. The molecule has 1 amide bonds. The topological polar surface area (TPSA) is 84.9 Å². The van der Waals surface area contributed by atoms with Gasteiger partial charge in [-0.3, -0.25) is 4.79 Å². The van der Waals surface area contributed by atoms with Gasteiger partial charge in [0, 0.05) is 26.3 Å². The molecule has 2 aromatic carbocycles. The summed E-state index contributed by atoms with van der Waals surface area (Å²) < 4.78 is 37.7. The highest BCUT2D eigenvalue weighted by Gasteiger charge is 2.19. The minimum absolute atomic E-state index is 0.0477. The monoisotopic (exact) mass is 406 g/mol. The molecule has 0 radical (unpaired) electrons. The van der Waals surface area contributed by atoms with Crippen molar-refractivity contribution in [2.75, 3.05) is 40.5 Å². The van der Waals surface area contributed by atoms with Gasteiger partial charge in [0.05, 0.1) is 18.0 Å². The highest BCUT2D eigenvalue weighted by molar-refractivity contribution is 7.89. The van der Waals surface area contributed by atoms with Gasteiger partial charge in [-0.2, -0.15) is 0 Å². The van der Waals surface area contributed by atoms with Crippen LogP contribution in [0.25, 0.3) is 0 Å². The quantitative estimate of drug-likeness (QED) is 0.611. The van der Waals surface area contributed by atoms with Crippen LogP contribution in [-0.2, 0) is 14.8 Å². The van der Waals surface area contributed by atoms with Crippen LogP contribution in [0.15, 0.2) is 53.4 Å². The number of methoxy groups -OCH3 is 1. The van der Waals surface area contributed by atoms with Crippen molar-refractivity contribution >= 4 is 15.9 Å². The average Bonchev–Trinajstić information content (AvgIpc) is 2.68. The first kappa shape index (κ1) is 21.9. The second kappa shape index (κ2) is 10.2. The number of hydrogen-bond donors (Lipinski definition) is 1. The number of amides is 1. The van der Waals surface area contributed by atoms with Gasteiger partial charge in [0.2, 0.25) is 10.0 Å². The van der Waals surface area contributed by atoms with Gasteiger partial charge in [0.15, 0.2) is 0 Å². The van der Waals surface area contributed by atoms with Crippen molar-refractivity contribution in [3.05, 3.63) is 59.7 Å². The summed E-state index contributed by atoms with van der Waals surface area (Å²) in [6.07, 6.45) is 0. The Kier molecular flexibility index (Phi) is 7.98. The third-order valence-electron chi connectivity index (χ3n) is 4.13. The van der Waals surface area contributed by atoms with Gasteiger partial charge in [-0.25, -0.2) is 13.1 Å². The van der Waals surface area contributed by atoms with E-state index in [2.05, 4.69) is 4.72 Å². The lowest BCUT2D eigenvalue weighted by atomic mass is 10.1. The molecule has 2 aromatic rings. The summed E-state index contributed by atoms with van der Waals surface area (Å²) in [6.45, 7) is 2.90. The van der Waals surface area contributed by atoms with Gasteiger partial charge in [-0.15, -0.1) is 0 Å². The highest BCUT2D eigenvalue weighted by Crippen LogP contribution is 2.17. The van der Waals surface area contributed by atoms with E-state index in [-0.39, 0.29) is 24.0 Å². The maximum atomic E-state index is 12.8. The van der Waals surface area contributed by atoms with E-state index in [9.17, 15) is 13.2 Å². The third-order valence-corrected chi connectivity index (χ3v) is 5.59. The molecule has 0 bridgehead atoms. The second-order valence-electron chi connectivity index (χ2n) is 6.26. The number of carbonyl (C=O) groups is 1. The largest absolute Gasteiger partial charge is 0.492 e. The van der Waals surface area contributed by atoms with E-state index in [0.29, 0.717) is 24.3 Å². The van der Waals surface area contributed by atoms with Crippen LogP contribution in [0.2, 0.25) is 0 Å².